The minimum absolute atomic E-state index is 0.119. The smallest absolute Gasteiger partial charge is 0.125 e. The number of hydrogen-bond acceptors (Lipinski definition) is 2. The van der Waals surface area contributed by atoms with Gasteiger partial charge in [0.15, 0.2) is 0 Å². The Morgan fingerprint density at radius 3 is 2.87 bits per heavy atom. The highest BCUT2D eigenvalue weighted by Gasteiger charge is 2.28. The van der Waals surface area contributed by atoms with Crippen LogP contribution in [0.5, 0.6) is 5.75 Å². The van der Waals surface area contributed by atoms with E-state index in [4.69, 9.17) is 4.74 Å². The van der Waals surface area contributed by atoms with Crippen molar-refractivity contribution in [2.24, 2.45) is 5.92 Å². The van der Waals surface area contributed by atoms with E-state index in [1.807, 2.05) is 18.2 Å². The predicted octanol–water partition coefficient (Wildman–Crippen LogP) is 3.29. The van der Waals surface area contributed by atoms with E-state index in [2.05, 4.69) is 29.8 Å². The van der Waals surface area contributed by atoms with Gasteiger partial charge < -0.3 is 9.84 Å². The second kappa shape index (κ2) is 4.14. The Bertz CT molecular complexity index is 363. The molecule has 1 aliphatic heterocycles. The van der Waals surface area contributed by atoms with Crippen molar-refractivity contribution in [2.45, 2.75) is 32.5 Å². The molecule has 1 aromatic carbocycles. The van der Waals surface area contributed by atoms with Crippen LogP contribution >= 0.6 is 15.9 Å². The maximum absolute atomic E-state index is 10.0. The molecule has 1 aromatic rings. The first-order valence-electron chi connectivity index (χ1n) is 5.22. The summed E-state index contributed by atoms with van der Waals surface area (Å²) in [6, 6.07) is 5.78. The van der Waals surface area contributed by atoms with Gasteiger partial charge in [0.2, 0.25) is 0 Å². The summed E-state index contributed by atoms with van der Waals surface area (Å²) >= 11 is 3.40. The molecule has 1 heterocycles. The lowest BCUT2D eigenvalue weighted by atomic mass is 9.93. The first kappa shape index (κ1) is 11.0. The Morgan fingerprint density at radius 1 is 1.47 bits per heavy atom. The summed E-state index contributed by atoms with van der Waals surface area (Å²) < 4.78 is 6.82. The third-order valence-corrected chi connectivity index (χ3v) is 3.30. The Balaban J connectivity index is 2.32. The molecule has 1 aliphatic rings. The molecule has 2 unspecified atom stereocenters. The average molecular weight is 271 g/mol. The summed E-state index contributed by atoms with van der Waals surface area (Å²) in [6.45, 7) is 4.22. The number of aliphatic hydroxyl groups is 1. The van der Waals surface area contributed by atoms with E-state index in [-0.39, 0.29) is 6.10 Å². The second-order valence-corrected chi connectivity index (χ2v) is 5.25. The fraction of sp³-hybridized carbons (Fsp3) is 0.500. The van der Waals surface area contributed by atoms with Gasteiger partial charge >= 0.3 is 0 Å². The molecule has 0 radical (unpaired) electrons. The molecule has 82 valence electrons. The molecule has 0 amide bonds. The molecule has 2 rings (SSSR count). The minimum Gasteiger partial charge on any atom is -0.490 e. The lowest BCUT2D eigenvalue weighted by molar-refractivity contribution is 0.0426. The van der Waals surface area contributed by atoms with Gasteiger partial charge in [-0.1, -0.05) is 29.8 Å². The number of hydrogen-bond donors (Lipinski definition) is 1. The standard InChI is InChI=1S/C12H15BrO2/c1-7(2)12-6-10(14)9-5-8(13)3-4-11(9)15-12/h3-5,7,10,12,14H,6H2,1-2H3. The molecule has 15 heavy (non-hydrogen) atoms. The second-order valence-electron chi connectivity index (χ2n) is 4.33. The van der Waals surface area contributed by atoms with Crippen LogP contribution in [0.15, 0.2) is 22.7 Å². The van der Waals surface area contributed by atoms with Crippen LogP contribution in [-0.2, 0) is 0 Å². The third-order valence-electron chi connectivity index (χ3n) is 2.81. The van der Waals surface area contributed by atoms with Gasteiger partial charge in [0.25, 0.3) is 0 Å². The van der Waals surface area contributed by atoms with E-state index in [0.29, 0.717) is 12.3 Å². The van der Waals surface area contributed by atoms with Crippen molar-refractivity contribution >= 4 is 15.9 Å². The molecule has 0 spiro atoms. The zero-order valence-corrected chi connectivity index (χ0v) is 10.5. The first-order chi connectivity index (χ1) is 7.08. The Kier molecular flexibility index (Phi) is 3.03. The van der Waals surface area contributed by atoms with Crippen LogP contribution in [0.1, 0.15) is 31.9 Å². The predicted molar refractivity (Wildman–Crippen MR) is 63.0 cm³/mol. The van der Waals surface area contributed by atoms with Gasteiger partial charge in [-0.2, -0.15) is 0 Å². The fourth-order valence-electron chi connectivity index (χ4n) is 1.85. The molecule has 0 saturated heterocycles. The van der Waals surface area contributed by atoms with Crippen LogP contribution in [0.25, 0.3) is 0 Å². The van der Waals surface area contributed by atoms with E-state index >= 15 is 0 Å². The summed E-state index contributed by atoms with van der Waals surface area (Å²) in [7, 11) is 0. The van der Waals surface area contributed by atoms with E-state index in [9.17, 15) is 5.11 Å². The van der Waals surface area contributed by atoms with Crippen LogP contribution in [0.4, 0.5) is 0 Å². The molecular weight excluding hydrogens is 256 g/mol. The van der Waals surface area contributed by atoms with E-state index in [0.717, 1.165) is 15.8 Å². The van der Waals surface area contributed by atoms with Crippen LogP contribution in [-0.4, -0.2) is 11.2 Å². The SMILES string of the molecule is CC(C)C1CC(O)c2cc(Br)ccc2O1. The van der Waals surface area contributed by atoms with Crippen LogP contribution < -0.4 is 4.74 Å². The summed E-state index contributed by atoms with van der Waals surface area (Å²) in [4.78, 5) is 0. The Hall–Kier alpha value is -0.540. The Labute approximate surface area is 98.4 Å². The first-order valence-corrected chi connectivity index (χ1v) is 6.01. The normalized spacial score (nSPS) is 24.9. The number of rotatable bonds is 1. The molecule has 0 bridgehead atoms. The molecule has 1 N–H and O–H groups in total. The van der Waals surface area contributed by atoms with E-state index in [1.165, 1.54) is 0 Å². The summed E-state index contributed by atoms with van der Waals surface area (Å²) in [6.07, 6.45) is 0.397. The topological polar surface area (TPSA) is 29.5 Å². The zero-order valence-electron chi connectivity index (χ0n) is 8.90. The molecule has 2 nitrogen and oxygen atoms in total. The highest BCUT2D eigenvalue weighted by atomic mass is 79.9. The van der Waals surface area contributed by atoms with E-state index in [1.54, 1.807) is 0 Å². The van der Waals surface area contributed by atoms with Crippen LogP contribution in [0.3, 0.4) is 0 Å². The highest BCUT2D eigenvalue weighted by Crippen LogP contribution is 2.38. The van der Waals surface area contributed by atoms with Gasteiger partial charge in [0, 0.05) is 16.5 Å². The third kappa shape index (κ3) is 2.18. The molecule has 0 aliphatic carbocycles. The maximum atomic E-state index is 10.0. The van der Waals surface area contributed by atoms with Gasteiger partial charge in [-0.15, -0.1) is 0 Å². The van der Waals surface area contributed by atoms with Crippen molar-refractivity contribution in [1.82, 2.24) is 0 Å². The number of aliphatic hydroxyl groups excluding tert-OH is 1. The van der Waals surface area contributed by atoms with Gasteiger partial charge in [0.1, 0.15) is 11.9 Å². The molecule has 2 atom stereocenters. The lowest BCUT2D eigenvalue weighted by Crippen LogP contribution is -2.30. The monoisotopic (exact) mass is 270 g/mol. The van der Waals surface area contributed by atoms with Gasteiger partial charge in [-0.3, -0.25) is 0 Å². The molecule has 0 saturated carbocycles. The molecule has 3 heteroatoms. The van der Waals surface area contributed by atoms with Gasteiger partial charge in [-0.05, 0) is 24.1 Å². The van der Waals surface area contributed by atoms with Crippen LogP contribution in [0.2, 0.25) is 0 Å². The van der Waals surface area contributed by atoms with Crippen molar-refractivity contribution in [3.8, 4) is 5.75 Å². The number of ether oxygens (including phenoxy) is 1. The molecule has 0 aromatic heterocycles. The zero-order chi connectivity index (χ0) is 11.0. The maximum Gasteiger partial charge on any atom is 0.125 e. The number of benzene rings is 1. The van der Waals surface area contributed by atoms with Crippen molar-refractivity contribution in [1.29, 1.82) is 0 Å². The molecule has 0 fully saturated rings. The van der Waals surface area contributed by atoms with Crippen molar-refractivity contribution < 1.29 is 9.84 Å². The van der Waals surface area contributed by atoms with E-state index < -0.39 is 6.10 Å². The Morgan fingerprint density at radius 2 is 2.20 bits per heavy atom. The highest BCUT2D eigenvalue weighted by molar-refractivity contribution is 9.10. The van der Waals surface area contributed by atoms with Crippen LogP contribution in [0, 0.1) is 5.92 Å². The summed E-state index contributed by atoms with van der Waals surface area (Å²) in [5.41, 5.74) is 0.890. The lowest BCUT2D eigenvalue weighted by Gasteiger charge is -2.32. The van der Waals surface area contributed by atoms with Crippen molar-refractivity contribution in [3.63, 3.8) is 0 Å². The summed E-state index contributed by atoms with van der Waals surface area (Å²) in [5, 5.41) is 10.0. The van der Waals surface area contributed by atoms with Crippen molar-refractivity contribution in [3.05, 3.63) is 28.2 Å². The quantitative estimate of drug-likeness (QED) is 0.849. The van der Waals surface area contributed by atoms with Gasteiger partial charge in [0.05, 0.1) is 6.10 Å². The van der Waals surface area contributed by atoms with Gasteiger partial charge in [-0.25, -0.2) is 0 Å². The number of fused-ring (bicyclic) bond motifs is 1. The minimum atomic E-state index is -0.404. The average Bonchev–Trinajstić information content (AvgIpc) is 2.18. The summed E-state index contributed by atoms with van der Waals surface area (Å²) in [5.74, 6) is 1.24. The molecular formula is C12H15BrO2. The number of halogens is 1. The fourth-order valence-corrected chi connectivity index (χ4v) is 2.23. The largest absolute Gasteiger partial charge is 0.490 e. The van der Waals surface area contributed by atoms with Crippen molar-refractivity contribution in [2.75, 3.05) is 0 Å².